The number of rotatable bonds is 4. The van der Waals surface area contributed by atoms with Crippen molar-refractivity contribution in [3.63, 3.8) is 0 Å². The van der Waals surface area contributed by atoms with Crippen molar-refractivity contribution >= 4 is 49.5 Å². The van der Waals surface area contributed by atoms with E-state index in [1.54, 1.807) is 0 Å². The highest BCUT2D eigenvalue weighted by Crippen LogP contribution is 2.21. The minimum absolute atomic E-state index is 0.583. The van der Waals surface area contributed by atoms with E-state index in [0.29, 0.717) is 6.04 Å². The van der Waals surface area contributed by atoms with Crippen molar-refractivity contribution in [2.45, 2.75) is 25.4 Å². The molecule has 0 atom stereocenters. The van der Waals surface area contributed by atoms with Crippen LogP contribution in [-0.4, -0.2) is 46.2 Å². The highest BCUT2D eigenvalue weighted by molar-refractivity contribution is 9.10. The number of nitrogens with zero attached hydrogens (tertiary/aromatic N) is 1. The number of benzene rings is 2. The van der Waals surface area contributed by atoms with Gasteiger partial charge in [0.05, 0.1) is 0 Å². The number of carboxylic acids is 2. The molecule has 3 N–H and O–H groups in total. The van der Waals surface area contributed by atoms with E-state index in [1.807, 2.05) is 0 Å². The maximum Gasteiger partial charge on any atom is 0.414 e. The fourth-order valence-electron chi connectivity index (χ4n) is 2.91. The zero-order valence-corrected chi connectivity index (χ0v) is 18.3. The van der Waals surface area contributed by atoms with E-state index in [9.17, 15) is 0 Å². The molecule has 1 aliphatic heterocycles. The predicted molar refractivity (Wildman–Crippen MR) is 115 cm³/mol. The second kappa shape index (κ2) is 11.2. The number of likely N-dealkylation sites (tertiary alicyclic amines) is 1. The third-order valence-corrected chi connectivity index (χ3v) is 5.30. The predicted octanol–water partition coefficient (Wildman–Crippen LogP) is 4.44. The lowest BCUT2D eigenvalue weighted by Crippen LogP contribution is -2.38. The van der Waals surface area contributed by atoms with E-state index in [2.05, 4.69) is 90.6 Å². The van der Waals surface area contributed by atoms with E-state index >= 15 is 0 Å². The van der Waals surface area contributed by atoms with Gasteiger partial charge in [-0.3, -0.25) is 4.90 Å². The Morgan fingerprint density at radius 1 is 0.964 bits per heavy atom. The van der Waals surface area contributed by atoms with Gasteiger partial charge >= 0.3 is 11.9 Å². The Labute approximate surface area is 180 Å². The molecule has 6 nitrogen and oxygen atoms in total. The van der Waals surface area contributed by atoms with Gasteiger partial charge in [0, 0.05) is 40.3 Å². The van der Waals surface area contributed by atoms with Gasteiger partial charge in [-0.25, -0.2) is 9.59 Å². The first kappa shape index (κ1) is 22.4. The zero-order chi connectivity index (χ0) is 20.5. The van der Waals surface area contributed by atoms with Crippen LogP contribution in [0.25, 0.3) is 0 Å². The standard InChI is InChI=1S/C18H20Br2N2.C2H2O4/c19-15-4-6-17(7-5-15)21-18-8-10-22(11-9-18)13-14-2-1-3-16(20)12-14;3-1(4)2(5)6/h1-7,12,18,21H,8-11,13H2;(H,3,4)(H,5,6). The first-order valence-electron chi connectivity index (χ1n) is 8.78. The lowest BCUT2D eigenvalue weighted by Gasteiger charge is -2.33. The van der Waals surface area contributed by atoms with Crippen LogP contribution in [0.15, 0.2) is 57.5 Å². The van der Waals surface area contributed by atoms with Gasteiger partial charge < -0.3 is 15.5 Å². The second-order valence-corrected chi connectivity index (χ2v) is 8.27. The fourth-order valence-corrected chi connectivity index (χ4v) is 3.62. The first-order chi connectivity index (χ1) is 13.3. The number of hydrogen-bond acceptors (Lipinski definition) is 4. The summed E-state index contributed by atoms with van der Waals surface area (Å²) in [7, 11) is 0. The van der Waals surface area contributed by atoms with Crippen molar-refractivity contribution in [1.82, 2.24) is 4.90 Å². The molecule has 2 aromatic carbocycles. The number of aliphatic carboxylic acids is 2. The van der Waals surface area contributed by atoms with Crippen molar-refractivity contribution in [3.05, 3.63) is 63.0 Å². The molecule has 0 aliphatic carbocycles. The fraction of sp³-hybridized carbons (Fsp3) is 0.300. The molecule has 28 heavy (non-hydrogen) atoms. The summed E-state index contributed by atoms with van der Waals surface area (Å²) in [5, 5.41) is 18.4. The Kier molecular flexibility index (Phi) is 8.95. The summed E-state index contributed by atoms with van der Waals surface area (Å²) in [5.41, 5.74) is 2.60. The molecule has 1 saturated heterocycles. The van der Waals surface area contributed by atoms with Crippen molar-refractivity contribution in [3.8, 4) is 0 Å². The summed E-state index contributed by atoms with van der Waals surface area (Å²) in [4.78, 5) is 20.7. The van der Waals surface area contributed by atoms with E-state index in [1.165, 1.54) is 24.1 Å². The molecule has 3 rings (SSSR count). The molecule has 8 heteroatoms. The lowest BCUT2D eigenvalue weighted by molar-refractivity contribution is -0.159. The number of nitrogens with one attached hydrogen (secondary N) is 1. The normalized spacial score (nSPS) is 14.6. The minimum Gasteiger partial charge on any atom is -0.473 e. The lowest BCUT2D eigenvalue weighted by atomic mass is 10.0. The van der Waals surface area contributed by atoms with Crippen LogP contribution >= 0.6 is 31.9 Å². The largest absolute Gasteiger partial charge is 0.473 e. The van der Waals surface area contributed by atoms with Crippen molar-refractivity contribution < 1.29 is 19.8 Å². The Bertz CT molecular complexity index is 779. The van der Waals surface area contributed by atoms with Crippen LogP contribution in [-0.2, 0) is 16.1 Å². The van der Waals surface area contributed by atoms with Crippen LogP contribution < -0.4 is 5.32 Å². The van der Waals surface area contributed by atoms with E-state index < -0.39 is 11.9 Å². The average molecular weight is 514 g/mol. The van der Waals surface area contributed by atoms with Crippen molar-refractivity contribution in [2.24, 2.45) is 0 Å². The number of hydrogen-bond donors (Lipinski definition) is 3. The topological polar surface area (TPSA) is 89.9 Å². The molecule has 1 heterocycles. The van der Waals surface area contributed by atoms with Crippen molar-refractivity contribution in [1.29, 1.82) is 0 Å². The molecular formula is C20H22Br2N2O4. The summed E-state index contributed by atoms with van der Waals surface area (Å²) in [5.74, 6) is -3.65. The molecular weight excluding hydrogens is 492 g/mol. The molecule has 1 aliphatic rings. The van der Waals surface area contributed by atoms with Crippen molar-refractivity contribution in [2.75, 3.05) is 18.4 Å². The maximum absolute atomic E-state index is 9.10. The number of carbonyl (C=O) groups is 2. The third-order valence-electron chi connectivity index (χ3n) is 4.28. The Morgan fingerprint density at radius 2 is 1.57 bits per heavy atom. The minimum atomic E-state index is -1.82. The Morgan fingerprint density at radius 3 is 2.11 bits per heavy atom. The molecule has 0 aromatic heterocycles. The van der Waals surface area contributed by atoms with Gasteiger partial charge in [-0.05, 0) is 54.8 Å². The van der Waals surface area contributed by atoms with Gasteiger partial charge in [0.2, 0.25) is 0 Å². The molecule has 0 radical (unpaired) electrons. The molecule has 0 unspecified atom stereocenters. The average Bonchev–Trinajstić information content (AvgIpc) is 2.66. The van der Waals surface area contributed by atoms with Gasteiger partial charge in [0.15, 0.2) is 0 Å². The zero-order valence-electron chi connectivity index (χ0n) is 15.1. The summed E-state index contributed by atoms with van der Waals surface area (Å²) in [6.45, 7) is 3.35. The molecule has 0 bridgehead atoms. The van der Waals surface area contributed by atoms with Gasteiger partial charge in [-0.1, -0.05) is 44.0 Å². The van der Waals surface area contributed by atoms with Gasteiger partial charge in [-0.2, -0.15) is 0 Å². The first-order valence-corrected chi connectivity index (χ1v) is 10.4. The molecule has 0 amide bonds. The monoisotopic (exact) mass is 512 g/mol. The number of piperidine rings is 1. The summed E-state index contributed by atoms with van der Waals surface area (Å²) in [6.07, 6.45) is 2.40. The highest BCUT2D eigenvalue weighted by Gasteiger charge is 2.19. The SMILES string of the molecule is Brc1ccc(NC2CCN(Cc3cccc(Br)c3)CC2)cc1.O=C(O)C(=O)O. The van der Waals surface area contributed by atoms with Crippen LogP contribution in [0, 0.1) is 0 Å². The summed E-state index contributed by atoms with van der Waals surface area (Å²) in [6, 6.07) is 17.6. The van der Waals surface area contributed by atoms with Crippen LogP contribution in [0.2, 0.25) is 0 Å². The van der Waals surface area contributed by atoms with E-state index in [0.717, 1.165) is 28.6 Å². The van der Waals surface area contributed by atoms with E-state index in [4.69, 9.17) is 19.8 Å². The highest BCUT2D eigenvalue weighted by atomic mass is 79.9. The molecule has 150 valence electrons. The molecule has 2 aromatic rings. The maximum atomic E-state index is 9.10. The third kappa shape index (κ3) is 8.00. The summed E-state index contributed by atoms with van der Waals surface area (Å²) < 4.78 is 2.29. The molecule has 1 fully saturated rings. The van der Waals surface area contributed by atoms with Gasteiger partial charge in [-0.15, -0.1) is 0 Å². The second-order valence-electron chi connectivity index (χ2n) is 6.44. The van der Waals surface area contributed by atoms with Gasteiger partial charge in [0.25, 0.3) is 0 Å². The smallest absolute Gasteiger partial charge is 0.414 e. The quantitative estimate of drug-likeness (QED) is 0.523. The number of anilines is 1. The van der Waals surface area contributed by atoms with Crippen LogP contribution in [0.1, 0.15) is 18.4 Å². The van der Waals surface area contributed by atoms with E-state index in [-0.39, 0.29) is 0 Å². The molecule has 0 spiro atoms. The van der Waals surface area contributed by atoms with Crippen LogP contribution in [0.4, 0.5) is 5.69 Å². The Hall–Kier alpha value is -1.90. The number of carboxylic acid groups (broad SMARTS) is 2. The van der Waals surface area contributed by atoms with Gasteiger partial charge in [0.1, 0.15) is 0 Å². The van der Waals surface area contributed by atoms with Crippen LogP contribution in [0.5, 0.6) is 0 Å². The number of halogens is 2. The Balaban J connectivity index is 0.000000409. The summed E-state index contributed by atoms with van der Waals surface area (Å²) >= 11 is 7.02. The molecule has 0 saturated carbocycles. The van der Waals surface area contributed by atoms with Crippen LogP contribution in [0.3, 0.4) is 0 Å².